The van der Waals surface area contributed by atoms with E-state index in [0.29, 0.717) is 16.2 Å². The Hall–Kier alpha value is -2.52. The van der Waals surface area contributed by atoms with Crippen LogP contribution in [0.4, 0.5) is 0 Å². The number of rotatable bonds is 10. The maximum absolute atomic E-state index is 12.6. The van der Waals surface area contributed by atoms with Gasteiger partial charge in [-0.1, -0.05) is 24.6 Å². The van der Waals surface area contributed by atoms with Crippen molar-refractivity contribution in [3.05, 3.63) is 39.0 Å². The van der Waals surface area contributed by atoms with Crippen molar-refractivity contribution in [1.82, 2.24) is 15.6 Å². The second-order valence-electron chi connectivity index (χ2n) is 5.78. The number of aldehydes is 1. The first-order chi connectivity index (χ1) is 13.8. The highest BCUT2D eigenvalue weighted by atomic mass is 35.5. The van der Waals surface area contributed by atoms with Crippen LogP contribution >= 0.6 is 22.9 Å². The number of amidine groups is 1. The highest BCUT2D eigenvalue weighted by Gasteiger charge is 2.18. The molecule has 0 saturated carbocycles. The number of carbonyl (C=O) groups is 3. The molecule has 0 aliphatic carbocycles. The highest BCUT2D eigenvalue weighted by molar-refractivity contribution is 7.13. The van der Waals surface area contributed by atoms with E-state index in [0.717, 1.165) is 6.42 Å². The van der Waals surface area contributed by atoms with Crippen LogP contribution in [0.25, 0.3) is 0 Å². The molecule has 0 radical (unpaired) electrons. The monoisotopic (exact) mass is 440 g/mol. The summed E-state index contributed by atoms with van der Waals surface area (Å²) in [6.45, 7) is 6.98. The zero-order chi connectivity index (χ0) is 21.8. The van der Waals surface area contributed by atoms with Crippen LogP contribution in [0.15, 0.2) is 34.1 Å². The number of amides is 1. The molecule has 2 N–H and O–H groups in total. The van der Waals surface area contributed by atoms with Gasteiger partial charge in [0.2, 0.25) is 5.91 Å². The largest absolute Gasteiger partial charge is 0.465 e. The summed E-state index contributed by atoms with van der Waals surface area (Å²) >= 11 is 7.57. The molecule has 0 aliphatic heterocycles. The molecular formula is C19H25ClN4O4S. The van der Waals surface area contributed by atoms with E-state index in [1.54, 1.807) is 27.0 Å². The van der Waals surface area contributed by atoms with Gasteiger partial charge >= 0.3 is 5.97 Å². The Labute approximate surface area is 179 Å². The number of aromatic nitrogens is 1. The first-order valence-corrected chi connectivity index (χ1v) is 10.2. The Morgan fingerprint density at radius 3 is 2.72 bits per heavy atom. The summed E-state index contributed by atoms with van der Waals surface area (Å²) in [5.41, 5.74) is 0.214. The molecule has 1 aromatic rings. The lowest BCUT2D eigenvalue weighted by molar-refractivity contribution is -0.141. The number of hydrogen-bond donors (Lipinski definition) is 2. The van der Waals surface area contributed by atoms with Gasteiger partial charge in [-0.05, 0) is 33.4 Å². The fraction of sp³-hybridized carbons (Fsp3) is 0.421. The van der Waals surface area contributed by atoms with E-state index < -0.39 is 17.9 Å². The van der Waals surface area contributed by atoms with Crippen molar-refractivity contribution < 1.29 is 19.1 Å². The first kappa shape index (κ1) is 24.5. The van der Waals surface area contributed by atoms with E-state index in [9.17, 15) is 14.4 Å². The van der Waals surface area contributed by atoms with Gasteiger partial charge in [-0.25, -0.2) is 4.98 Å². The minimum Gasteiger partial charge on any atom is -0.465 e. The number of carbonyl (C=O) groups excluding carboxylic acids is 3. The van der Waals surface area contributed by atoms with Crippen LogP contribution in [0.5, 0.6) is 0 Å². The van der Waals surface area contributed by atoms with Crippen LogP contribution in [0.1, 0.15) is 54.8 Å². The van der Waals surface area contributed by atoms with Gasteiger partial charge in [-0.3, -0.25) is 19.4 Å². The molecule has 0 bridgehead atoms. The minimum absolute atomic E-state index is 0.0764. The van der Waals surface area contributed by atoms with Crippen molar-refractivity contribution in [2.75, 3.05) is 13.2 Å². The Kier molecular flexibility index (Phi) is 10.9. The molecule has 0 aliphatic rings. The normalized spacial score (nSPS) is 13.6. The van der Waals surface area contributed by atoms with Gasteiger partial charge in [-0.2, -0.15) is 0 Å². The Balaban J connectivity index is 2.98. The van der Waals surface area contributed by atoms with Crippen molar-refractivity contribution in [3.63, 3.8) is 0 Å². The summed E-state index contributed by atoms with van der Waals surface area (Å²) in [5, 5.41) is 6.35. The van der Waals surface area contributed by atoms with E-state index >= 15 is 0 Å². The second kappa shape index (κ2) is 12.8. The van der Waals surface area contributed by atoms with Crippen LogP contribution < -0.4 is 10.6 Å². The smallest absolute Gasteiger partial charge is 0.327 e. The van der Waals surface area contributed by atoms with E-state index in [1.165, 1.54) is 17.5 Å². The van der Waals surface area contributed by atoms with Crippen LogP contribution in [0, 0.1) is 0 Å². The standard InChI is InChI=1S/C19H25ClN4O4S/c1-5-7-8-21-17(22-10-15(26)28-6-2)16(20)12(3)18(27)24-13(4)19-23-9-14(11-25)29-19/h7-9,11,13H,5-6,10H2,1-4H3,(H,21,22)(H,24,27)/b8-7+,16-12-. The number of allylic oxidation sites excluding steroid dienone is 1. The first-order valence-electron chi connectivity index (χ1n) is 9.04. The highest BCUT2D eigenvalue weighted by Crippen LogP contribution is 2.20. The third-order valence-electron chi connectivity index (χ3n) is 3.50. The topological polar surface area (TPSA) is 110 Å². The van der Waals surface area contributed by atoms with Crippen LogP contribution in [0.3, 0.4) is 0 Å². The number of thiazole rings is 1. The van der Waals surface area contributed by atoms with Gasteiger partial charge in [0.1, 0.15) is 17.4 Å². The quantitative estimate of drug-likeness (QED) is 0.190. The number of nitrogens with zero attached hydrogens (tertiary/aromatic N) is 2. The Bertz CT molecular complexity index is 817. The van der Waals surface area contributed by atoms with Crippen molar-refractivity contribution in [2.24, 2.45) is 4.99 Å². The summed E-state index contributed by atoms with van der Waals surface area (Å²) < 4.78 is 4.86. The minimum atomic E-state index is -0.499. The molecule has 8 nitrogen and oxygen atoms in total. The average Bonchev–Trinajstić information content (AvgIpc) is 3.19. The van der Waals surface area contributed by atoms with Crippen molar-refractivity contribution >= 4 is 46.9 Å². The molecule has 29 heavy (non-hydrogen) atoms. The molecule has 0 fully saturated rings. The van der Waals surface area contributed by atoms with Gasteiger partial charge in [0.15, 0.2) is 6.29 Å². The zero-order valence-corrected chi connectivity index (χ0v) is 18.4. The number of ether oxygens (including phenoxy) is 1. The van der Waals surface area contributed by atoms with Gasteiger partial charge in [-0.15, -0.1) is 11.3 Å². The fourth-order valence-corrected chi connectivity index (χ4v) is 2.92. The van der Waals surface area contributed by atoms with Crippen molar-refractivity contribution in [2.45, 2.75) is 40.2 Å². The average molecular weight is 441 g/mol. The van der Waals surface area contributed by atoms with Crippen LogP contribution in [-0.4, -0.2) is 42.1 Å². The number of hydrogen-bond acceptors (Lipinski definition) is 7. The molecule has 0 spiro atoms. The molecular weight excluding hydrogens is 416 g/mol. The van der Waals surface area contributed by atoms with Gasteiger partial charge in [0, 0.05) is 11.8 Å². The summed E-state index contributed by atoms with van der Waals surface area (Å²) in [6, 6.07) is -0.409. The molecule has 10 heteroatoms. The zero-order valence-electron chi connectivity index (χ0n) is 16.8. The van der Waals surface area contributed by atoms with Gasteiger partial charge < -0.3 is 15.4 Å². The molecule has 1 unspecified atom stereocenters. The van der Waals surface area contributed by atoms with Gasteiger partial charge in [0.05, 0.1) is 22.6 Å². The van der Waals surface area contributed by atoms with E-state index in [-0.39, 0.29) is 29.6 Å². The lowest BCUT2D eigenvalue weighted by Crippen LogP contribution is -2.29. The van der Waals surface area contributed by atoms with E-state index in [2.05, 4.69) is 20.6 Å². The third kappa shape index (κ3) is 8.16. The number of esters is 1. The maximum atomic E-state index is 12.6. The molecule has 0 saturated heterocycles. The lowest BCUT2D eigenvalue weighted by Gasteiger charge is -2.13. The molecule has 0 aromatic carbocycles. The molecule has 1 rings (SSSR count). The van der Waals surface area contributed by atoms with Crippen molar-refractivity contribution in [3.8, 4) is 0 Å². The lowest BCUT2D eigenvalue weighted by atomic mass is 10.2. The van der Waals surface area contributed by atoms with Crippen LogP contribution in [-0.2, 0) is 14.3 Å². The maximum Gasteiger partial charge on any atom is 0.327 e. The fourth-order valence-electron chi connectivity index (χ4n) is 1.98. The second-order valence-corrected chi connectivity index (χ2v) is 7.25. The van der Waals surface area contributed by atoms with E-state index in [1.807, 2.05) is 13.0 Å². The number of aliphatic imine (C=N–C) groups is 1. The summed E-state index contributed by atoms with van der Waals surface area (Å²) in [4.78, 5) is 43.7. The number of halogens is 1. The SMILES string of the molecule is CC/C=C/NC(=NCC(=O)OCC)/C(Cl)=C(\C)C(=O)NC(C)c1ncc(C=O)s1. The molecule has 1 amide bonds. The Morgan fingerprint density at radius 1 is 1.41 bits per heavy atom. The van der Waals surface area contributed by atoms with Gasteiger partial charge in [0.25, 0.3) is 0 Å². The summed E-state index contributed by atoms with van der Waals surface area (Å²) in [6.07, 6.45) is 6.42. The third-order valence-corrected chi connectivity index (χ3v) is 5.07. The summed E-state index contributed by atoms with van der Waals surface area (Å²) in [7, 11) is 0. The molecule has 158 valence electrons. The Morgan fingerprint density at radius 2 is 2.14 bits per heavy atom. The molecule has 1 aromatic heterocycles. The predicted molar refractivity (Wildman–Crippen MR) is 114 cm³/mol. The molecule has 1 atom stereocenters. The van der Waals surface area contributed by atoms with E-state index in [4.69, 9.17) is 16.3 Å². The molecule has 1 heterocycles. The number of nitrogens with one attached hydrogen (secondary N) is 2. The van der Waals surface area contributed by atoms with Crippen LogP contribution in [0.2, 0.25) is 0 Å². The predicted octanol–water partition coefficient (Wildman–Crippen LogP) is 3.12. The summed E-state index contributed by atoms with van der Waals surface area (Å²) in [5.74, 6) is -0.737. The van der Waals surface area contributed by atoms with Crippen molar-refractivity contribution in [1.29, 1.82) is 0 Å².